The molecule has 128 valence electrons. The fraction of sp³-hybridized carbons (Fsp3) is 0.529. The first-order chi connectivity index (χ1) is 11.4. The molecule has 3 aliphatic heterocycles. The van der Waals surface area contributed by atoms with Gasteiger partial charge in [-0.1, -0.05) is 0 Å². The summed E-state index contributed by atoms with van der Waals surface area (Å²) in [5.74, 6) is 1.43. The third kappa shape index (κ3) is 2.31. The van der Waals surface area contributed by atoms with Gasteiger partial charge in [0.15, 0.2) is 5.84 Å². The van der Waals surface area contributed by atoms with E-state index in [2.05, 4.69) is 47.7 Å². The Labute approximate surface area is 141 Å². The van der Waals surface area contributed by atoms with E-state index in [0.29, 0.717) is 6.61 Å². The van der Waals surface area contributed by atoms with Crippen LogP contribution in [0.25, 0.3) is 0 Å². The molecule has 1 aromatic carbocycles. The van der Waals surface area contributed by atoms with E-state index in [4.69, 9.17) is 4.74 Å². The van der Waals surface area contributed by atoms with Gasteiger partial charge in [-0.3, -0.25) is 4.79 Å². The number of amides is 1. The molecule has 0 aliphatic carbocycles. The number of nitrogens with one attached hydrogen (secondary N) is 2. The topological polar surface area (TPSA) is 69.2 Å². The molecular weight excluding hydrogens is 306 g/mol. The van der Waals surface area contributed by atoms with Crippen molar-refractivity contribution < 1.29 is 9.53 Å². The van der Waals surface area contributed by atoms with Crippen molar-refractivity contribution in [2.24, 2.45) is 5.10 Å². The lowest BCUT2D eigenvalue weighted by molar-refractivity contribution is -0.122. The predicted molar refractivity (Wildman–Crippen MR) is 93.7 cm³/mol. The summed E-state index contributed by atoms with van der Waals surface area (Å²) in [6, 6.07) is 3.82. The van der Waals surface area contributed by atoms with Crippen molar-refractivity contribution in [1.29, 1.82) is 0 Å². The molecule has 1 aromatic rings. The Morgan fingerprint density at radius 3 is 2.88 bits per heavy atom. The molecule has 0 spiro atoms. The van der Waals surface area contributed by atoms with Crippen molar-refractivity contribution in [3.8, 4) is 5.75 Å². The molecule has 1 amide bonds. The first-order valence-electron chi connectivity index (χ1n) is 8.26. The van der Waals surface area contributed by atoms with Crippen LogP contribution >= 0.6 is 0 Å². The monoisotopic (exact) mass is 329 g/mol. The van der Waals surface area contributed by atoms with Gasteiger partial charge in [-0.25, -0.2) is 5.43 Å². The van der Waals surface area contributed by atoms with Crippen LogP contribution < -0.4 is 20.4 Å². The molecule has 1 fully saturated rings. The third-order valence-corrected chi connectivity index (χ3v) is 4.94. The fourth-order valence-corrected chi connectivity index (χ4v) is 3.86. The van der Waals surface area contributed by atoms with Crippen LogP contribution in [0.1, 0.15) is 19.4 Å². The number of likely N-dealkylation sites (tertiary alicyclic amines) is 1. The van der Waals surface area contributed by atoms with Gasteiger partial charge in [-0.05, 0) is 45.5 Å². The summed E-state index contributed by atoms with van der Waals surface area (Å²) < 4.78 is 5.84. The van der Waals surface area contributed by atoms with E-state index in [1.54, 1.807) is 0 Å². The Morgan fingerprint density at radius 2 is 2.17 bits per heavy atom. The number of fused-ring (bicyclic) bond motifs is 3. The zero-order valence-corrected chi connectivity index (χ0v) is 14.5. The van der Waals surface area contributed by atoms with Crippen LogP contribution in [0.5, 0.6) is 5.75 Å². The Hall–Kier alpha value is -2.28. The van der Waals surface area contributed by atoms with Crippen molar-refractivity contribution in [2.45, 2.75) is 32.4 Å². The van der Waals surface area contributed by atoms with Crippen molar-refractivity contribution in [2.75, 3.05) is 37.0 Å². The number of hydrogen-bond acceptors (Lipinski definition) is 6. The van der Waals surface area contributed by atoms with Gasteiger partial charge < -0.3 is 19.9 Å². The quantitative estimate of drug-likeness (QED) is 0.852. The number of amidine groups is 1. The van der Waals surface area contributed by atoms with Gasteiger partial charge in [0.05, 0.1) is 11.2 Å². The van der Waals surface area contributed by atoms with E-state index < -0.39 is 0 Å². The molecule has 7 heteroatoms. The molecular formula is C17H23N5O2. The highest BCUT2D eigenvalue weighted by Gasteiger charge is 2.38. The molecule has 0 saturated carbocycles. The molecule has 4 rings (SSSR count). The van der Waals surface area contributed by atoms with Crippen LogP contribution in [-0.4, -0.2) is 55.0 Å². The summed E-state index contributed by atoms with van der Waals surface area (Å²) in [7, 11) is 2.12. The Bertz CT molecular complexity index is 739. The zero-order valence-electron chi connectivity index (χ0n) is 14.5. The van der Waals surface area contributed by atoms with Gasteiger partial charge in [0, 0.05) is 18.8 Å². The summed E-state index contributed by atoms with van der Waals surface area (Å²) in [5.41, 5.74) is 5.74. The van der Waals surface area contributed by atoms with E-state index in [1.165, 1.54) is 0 Å². The predicted octanol–water partition coefficient (Wildman–Crippen LogP) is 1.14. The maximum atomic E-state index is 12.0. The summed E-state index contributed by atoms with van der Waals surface area (Å²) in [5, 5.41) is 7.80. The second kappa shape index (κ2) is 5.11. The average molecular weight is 329 g/mol. The summed E-state index contributed by atoms with van der Waals surface area (Å²) in [4.78, 5) is 16.3. The van der Waals surface area contributed by atoms with E-state index >= 15 is 0 Å². The van der Waals surface area contributed by atoms with Gasteiger partial charge in [0.25, 0.3) is 5.91 Å². The average Bonchev–Trinajstić information content (AvgIpc) is 2.50. The third-order valence-electron chi connectivity index (χ3n) is 4.94. The smallest absolute Gasteiger partial charge is 0.262 e. The maximum Gasteiger partial charge on any atom is 0.262 e. The van der Waals surface area contributed by atoms with Gasteiger partial charge in [-0.15, -0.1) is 0 Å². The molecule has 0 bridgehead atoms. The number of likely N-dealkylation sites (N-methyl/N-ethyl adjacent to an activating group) is 1. The molecule has 0 aromatic heterocycles. The molecule has 0 radical (unpaired) electrons. The van der Waals surface area contributed by atoms with Crippen LogP contribution in [0.3, 0.4) is 0 Å². The van der Waals surface area contributed by atoms with Gasteiger partial charge in [0.1, 0.15) is 18.4 Å². The normalized spacial score (nSPS) is 24.8. The number of carbonyl (C=O) groups is 1. The Morgan fingerprint density at radius 1 is 1.42 bits per heavy atom. The van der Waals surface area contributed by atoms with Crippen LogP contribution in [-0.2, 0) is 4.79 Å². The molecule has 3 aliphatic rings. The van der Waals surface area contributed by atoms with Crippen molar-refractivity contribution >= 4 is 23.1 Å². The summed E-state index contributed by atoms with van der Waals surface area (Å²) in [6.45, 7) is 8.57. The highest BCUT2D eigenvalue weighted by atomic mass is 16.5. The Balaban J connectivity index is 1.71. The van der Waals surface area contributed by atoms with Crippen molar-refractivity contribution in [1.82, 2.24) is 10.3 Å². The lowest BCUT2D eigenvalue weighted by atomic mass is 9.92. The first kappa shape index (κ1) is 15.3. The number of aryl methyl sites for hydroxylation is 1. The number of anilines is 2. The summed E-state index contributed by atoms with van der Waals surface area (Å²) >= 11 is 0. The molecule has 1 saturated heterocycles. The van der Waals surface area contributed by atoms with Crippen LogP contribution in [0, 0.1) is 6.92 Å². The maximum absolute atomic E-state index is 12.0. The first-order valence-corrected chi connectivity index (χ1v) is 8.26. The van der Waals surface area contributed by atoms with E-state index in [9.17, 15) is 4.79 Å². The van der Waals surface area contributed by atoms with Crippen molar-refractivity contribution in [3.05, 3.63) is 17.7 Å². The minimum Gasteiger partial charge on any atom is -0.483 e. The molecule has 7 nitrogen and oxygen atoms in total. The van der Waals surface area contributed by atoms with Gasteiger partial charge in [-0.2, -0.15) is 5.10 Å². The van der Waals surface area contributed by atoms with Crippen LogP contribution in [0.4, 0.5) is 11.4 Å². The SMILES string of the molecule is Cc1cc2c(cc1NC1(C)CN(C)C1)N1C(=NNC(=O)[C@@H]1C)CO2. The summed E-state index contributed by atoms with van der Waals surface area (Å²) in [6.07, 6.45) is 0. The van der Waals surface area contributed by atoms with Gasteiger partial charge in [0.2, 0.25) is 0 Å². The van der Waals surface area contributed by atoms with Crippen molar-refractivity contribution in [3.63, 3.8) is 0 Å². The minimum absolute atomic E-state index is 0.0745. The number of benzene rings is 1. The molecule has 2 N–H and O–H groups in total. The minimum atomic E-state index is -0.305. The highest BCUT2D eigenvalue weighted by molar-refractivity contribution is 6.09. The second-order valence-corrected chi connectivity index (χ2v) is 7.33. The highest BCUT2D eigenvalue weighted by Crippen LogP contribution is 2.40. The fourth-order valence-electron chi connectivity index (χ4n) is 3.86. The standard InChI is InChI=1S/C17H23N5O2/c1-10-5-14-13(6-12(10)18-17(3)8-21(4)9-17)22-11(2)16(23)20-19-15(22)7-24-14/h5-6,11,18H,7-9H2,1-4H3,(H,20,23)/t11-/m0/s1. The molecule has 1 atom stereocenters. The second-order valence-electron chi connectivity index (χ2n) is 7.33. The number of hydrogen-bond donors (Lipinski definition) is 2. The van der Waals surface area contributed by atoms with Crippen LogP contribution in [0.15, 0.2) is 17.2 Å². The number of carbonyl (C=O) groups excluding carboxylic acids is 1. The van der Waals surface area contributed by atoms with E-state index in [1.807, 2.05) is 17.9 Å². The van der Waals surface area contributed by atoms with Gasteiger partial charge >= 0.3 is 0 Å². The number of ether oxygens (including phenoxy) is 1. The lowest BCUT2D eigenvalue weighted by Crippen LogP contribution is -2.62. The lowest BCUT2D eigenvalue weighted by Gasteiger charge is -2.47. The Kier molecular flexibility index (Phi) is 3.25. The number of rotatable bonds is 2. The molecule has 0 unspecified atom stereocenters. The van der Waals surface area contributed by atoms with E-state index in [0.717, 1.165) is 41.6 Å². The number of hydrazone groups is 1. The van der Waals surface area contributed by atoms with E-state index in [-0.39, 0.29) is 17.5 Å². The molecule has 3 heterocycles. The zero-order chi connectivity index (χ0) is 17.1. The van der Waals surface area contributed by atoms with Crippen LogP contribution in [0.2, 0.25) is 0 Å². The number of nitrogens with zero attached hydrogens (tertiary/aromatic N) is 3. The molecule has 24 heavy (non-hydrogen) atoms. The largest absolute Gasteiger partial charge is 0.483 e.